The minimum atomic E-state index is -1.31. The molecule has 0 aromatic carbocycles. The second-order valence-corrected chi connectivity index (χ2v) is 5.41. The van der Waals surface area contributed by atoms with E-state index in [0.29, 0.717) is 5.57 Å². The maximum atomic E-state index is 11.1. The van der Waals surface area contributed by atoms with E-state index >= 15 is 0 Å². The molecular formula is C14H16N2O7. The molecule has 0 saturated carbocycles. The predicted octanol–water partition coefficient (Wildman–Crippen LogP) is -2.71. The molecule has 0 unspecified atom stereocenters. The van der Waals surface area contributed by atoms with Gasteiger partial charge in [0.25, 0.3) is 0 Å². The summed E-state index contributed by atoms with van der Waals surface area (Å²) < 4.78 is 1.37. The van der Waals surface area contributed by atoms with Crippen molar-refractivity contribution in [1.82, 2.24) is 5.32 Å². The number of allylic oxidation sites excluding steroid dienone is 2. The van der Waals surface area contributed by atoms with Crippen LogP contribution in [0.3, 0.4) is 0 Å². The van der Waals surface area contributed by atoms with Gasteiger partial charge in [0.2, 0.25) is 0 Å². The van der Waals surface area contributed by atoms with E-state index in [1.165, 1.54) is 22.9 Å². The van der Waals surface area contributed by atoms with Gasteiger partial charge in [-0.05, 0) is 11.6 Å². The highest BCUT2D eigenvalue weighted by molar-refractivity contribution is 5.89. The van der Waals surface area contributed by atoms with Crippen molar-refractivity contribution in [3.63, 3.8) is 0 Å². The number of aliphatic hydroxyl groups is 1. The Balaban J connectivity index is 2.27. The van der Waals surface area contributed by atoms with E-state index in [1.54, 1.807) is 0 Å². The molecule has 0 radical (unpaired) electrons. The molecule has 1 fully saturated rings. The van der Waals surface area contributed by atoms with E-state index in [2.05, 4.69) is 5.32 Å². The quantitative estimate of drug-likeness (QED) is 0.408. The highest BCUT2D eigenvalue weighted by Crippen LogP contribution is 2.17. The van der Waals surface area contributed by atoms with Crippen molar-refractivity contribution in [2.24, 2.45) is 0 Å². The summed E-state index contributed by atoms with van der Waals surface area (Å²) in [6, 6.07) is -2.05. The van der Waals surface area contributed by atoms with E-state index in [9.17, 15) is 24.6 Å². The second-order valence-electron chi connectivity index (χ2n) is 5.41. The fraction of sp³-hybridized carbons (Fsp3) is 0.429. The summed E-state index contributed by atoms with van der Waals surface area (Å²) in [5.41, 5.74) is 0.174. The molecule has 2 heterocycles. The smallest absolute Gasteiger partial charge is 0.351 e. The third-order valence-corrected chi connectivity index (χ3v) is 3.70. The van der Waals surface area contributed by atoms with Crippen LogP contribution in [0.15, 0.2) is 23.4 Å². The Morgan fingerprint density at radius 2 is 2.04 bits per heavy atom. The van der Waals surface area contributed by atoms with Crippen molar-refractivity contribution in [1.29, 1.82) is 0 Å². The molecule has 0 spiro atoms. The summed E-state index contributed by atoms with van der Waals surface area (Å²) in [6.07, 6.45) is 3.45. The van der Waals surface area contributed by atoms with Crippen molar-refractivity contribution in [3.8, 4) is 0 Å². The van der Waals surface area contributed by atoms with Crippen LogP contribution in [0.25, 0.3) is 0 Å². The van der Waals surface area contributed by atoms with E-state index in [0.717, 1.165) is 0 Å². The first-order valence-corrected chi connectivity index (χ1v) is 6.91. The summed E-state index contributed by atoms with van der Waals surface area (Å²) in [6.45, 7) is 0.110. The van der Waals surface area contributed by atoms with Gasteiger partial charge in [0.1, 0.15) is 23.8 Å². The lowest BCUT2D eigenvalue weighted by Crippen LogP contribution is -2.41. The summed E-state index contributed by atoms with van der Waals surface area (Å²) in [7, 11) is 0. The zero-order valence-corrected chi connectivity index (χ0v) is 12.0. The monoisotopic (exact) mass is 324 g/mol. The van der Waals surface area contributed by atoms with Gasteiger partial charge in [0, 0.05) is 18.9 Å². The van der Waals surface area contributed by atoms with Gasteiger partial charge < -0.3 is 30.5 Å². The average molecular weight is 324 g/mol. The van der Waals surface area contributed by atoms with E-state index < -0.39 is 36.1 Å². The van der Waals surface area contributed by atoms with Crippen LogP contribution in [0.4, 0.5) is 0 Å². The molecule has 23 heavy (non-hydrogen) atoms. The number of carbonyl (C=O) groups is 3. The van der Waals surface area contributed by atoms with Gasteiger partial charge in [-0.15, -0.1) is 0 Å². The fourth-order valence-electron chi connectivity index (χ4n) is 2.58. The van der Waals surface area contributed by atoms with E-state index in [4.69, 9.17) is 10.2 Å². The topological polar surface area (TPSA) is 150 Å². The largest absolute Gasteiger partial charge is 0.543 e. The van der Waals surface area contributed by atoms with Crippen LogP contribution in [0.2, 0.25) is 0 Å². The van der Waals surface area contributed by atoms with Crippen molar-refractivity contribution in [3.05, 3.63) is 23.4 Å². The maximum absolute atomic E-state index is 11.1. The Kier molecular flexibility index (Phi) is 4.80. The normalized spacial score (nSPS) is 30.8. The molecular weight excluding hydrogens is 308 g/mol. The van der Waals surface area contributed by atoms with Crippen LogP contribution < -0.4 is 10.4 Å². The molecule has 1 saturated heterocycles. The number of carbonyl (C=O) groups excluding carboxylic acids is 1. The molecule has 2 aliphatic rings. The van der Waals surface area contributed by atoms with Crippen LogP contribution in [0.5, 0.6) is 0 Å². The Morgan fingerprint density at radius 3 is 2.61 bits per heavy atom. The van der Waals surface area contributed by atoms with Crippen molar-refractivity contribution in [2.75, 3.05) is 6.54 Å². The zero-order valence-electron chi connectivity index (χ0n) is 12.0. The molecule has 3 atom stereocenters. The average Bonchev–Trinajstić information content (AvgIpc) is 2.86. The summed E-state index contributed by atoms with van der Waals surface area (Å²) >= 11 is 0. The molecule has 124 valence electrons. The van der Waals surface area contributed by atoms with Gasteiger partial charge in [-0.25, -0.2) is 14.2 Å². The Hall–Kier alpha value is -2.68. The number of aliphatic carboxylic acids is 3. The molecule has 0 bridgehead atoms. The lowest BCUT2D eigenvalue weighted by molar-refractivity contribution is -0.541. The van der Waals surface area contributed by atoms with Crippen LogP contribution in [0, 0.1) is 0 Å². The standard InChI is InChI=1S/C14H16N2O7/c17-8-5-11(14(22)23)16(6-8)2-1-7-3-9(12(18)19)15-10(4-7)13(20)21/h1-3,8,10-11,17H,4-6H2,(H3,18,19,20,21,22,23)/t8-,10-,11-/m0/s1. The van der Waals surface area contributed by atoms with E-state index in [-0.39, 0.29) is 25.1 Å². The summed E-state index contributed by atoms with van der Waals surface area (Å²) in [5, 5.41) is 41.0. The predicted molar refractivity (Wildman–Crippen MR) is 73.6 cm³/mol. The Bertz CT molecular complexity index is 635. The van der Waals surface area contributed by atoms with Gasteiger partial charge in [-0.1, -0.05) is 0 Å². The number of carboxylic acids is 3. The Labute approximate surface area is 130 Å². The fourth-order valence-corrected chi connectivity index (χ4v) is 2.58. The molecule has 0 aliphatic carbocycles. The van der Waals surface area contributed by atoms with Crippen molar-refractivity contribution >= 4 is 24.1 Å². The zero-order chi connectivity index (χ0) is 17.1. The van der Waals surface area contributed by atoms with Gasteiger partial charge in [0.05, 0.1) is 0 Å². The molecule has 9 nitrogen and oxygen atoms in total. The number of aliphatic hydroxyl groups excluding tert-OH is 1. The minimum Gasteiger partial charge on any atom is -0.543 e. The summed E-state index contributed by atoms with van der Waals surface area (Å²) in [4.78, 5) is 33.1. The number of nitrogens with one attached hydrogen (secondary N) is 1. The first-order valence-electron chi connectivity index (χ1n) is 6.91. The molecule has 0 aromatic heterocycles. The molecule has 4 N–H and O–H groups in total. The Morgan fingerprint density at radius 1 is 1.35 bits per heavy atom. The van der Waals surface area contributed by atoms with Crippen LogP contribution >= 0.6 is 0 Å². The minimum absolute atomic E-state index is 0.0392. The van der Waals surface area contributed by atoms with Crippen LogP contribution in [0.1, 0.15) is 12.8 Å². The number of hydrogen-bond donors (Lipinski definition) is 4. The van der Waals surface area contributed by atoms with Gasteiger partial charge in [0.15, 0.2) is 18.8 Å². The van der Waals surface area contributed by atoms with Crippen molar-refractivity contribution < 1.29 is 39.4 Å². The second kappa shape index (κ2) is 6.61. The molecule has 0 aromatic rings. The lowest BCUT2D eigenvalue weighted by Gasteiger charge is -2.21. The third-order valence-electron chi connectivity index (χ3n) is 3.70. The third kappa shape index (κ3) is 3.95. The number of carboxylic acid groups (broad SMARTS) is 3. The van der Waals surface area contributed by atoms with Crippen LogP contribution in [-0.2, 0) is 14.4 Å². The SMILES string of the molecule is O=C(O)C1=C/C(=C/C=[N+]2C[C@@H](O)C[C@H]2C(=O)[O-])C[C@@H](C(=O)O)N1. The molecule has 2 rings (SSSR count). The maximum Gasteiger partial charge on any atom is 0.351 e. The van der Waals surface area contributed by atoms with Gasteiger partial charge in [-0.2, -0.15) is 0 Å². The van der Waals surface area contributed by atoms with Gasteiger partial charge >= 0.3 is 11.9 Å². The lowest BCUT2D eigenvalue weighted by atomic mass is 10.00. The van der Waals surface area contributed by atoms with Gasteiger partial charge in [-0.3, -0.25) is 0 Å². The molecule has 9 heteroatoms. The number of rotatable bonds is 4. The molecule has 0 amide bonds. The van der Waals surface area contributed by atoms with E-state index in [1.807, 2.05) is 0 Å². The van der Waals surface area contributed by atoms with Crippen LogP contribution in [-0.4, -0.2) is 68.8 Å². The number of β-amino-alcohol motifs (C(OH)–C–C–N with tert-alkyl or cyclic N) is 1. The number of hydrogen-bond acceptors (Lipinski definition) is 6. The first-order chi connectivity index (χ1) is 10.8. The summed E-state index contributed by atoms with van der Waals surface area (Å²) in [5.74, 6) is -3.79. The highest BCUT2D eigenvalue weighted by atomic mass is 16.4. The number of nitrogens with zero attached hydrogens (tertiary/aromatic N) is 1. The first kappa shape index (κ1) is 16.7. The van der Waals surface area contributed by atoms with Crippen molar-refractivity contribution in [2.45, 2.75) is 31.0 Å². The molecule has 2 aliphatic heterocycles. The highest BCUT2D eigenvalue weighted by Gasteiger charge is 2.35.